The number of para-hydroxylation sites is 1. The van der Waals surface area contributed by atoms with E-state index in [-0.39, 0.29) is 11.8 Å². The average molecular weight is 271 g/mol. The number of nitrogens with zero attached hydrogens (tertiary/aromatic N) is 2. The number of benzene rings is 1. The summed E-state index contributed by atoms with van der Waals surface area (Å²) in [5.74, 6) is 1.59. The number of hydrogen-bond acceptors (Lipinski definition) is 3. The van der Waals surface area contributed by atoms with Gasteiger partial charge in [-0.25, -0.2) is 0 Å². The van der Waals surface area contributed by atoms with Crippen LogP contribution in [0.15, 0.2) is 24.3 Å². The Morgan fingerprint density at radius 2 is 2.15 bits per heavy atom. The second kappa shape index (κ2) is 4.67. The van der Waals surface area contributed by atoms with Crippen LogP contribution in [0.25, 0.3) is 0 Å². The van der Waals surface area contributed by atoms with Crippen molar-refractivity contribution < 1.29 is 9.53 Å². The summed E-state index contributed by atoms with van der Waals surface area (Å²) in [6.07, 6.45) is 0.417. The zero-order valence-electron chi connectivity index (χ0n) is 11.8. The maximum absolute atomic E-state index is 12.0. The summed E-state index contributed by atoms with van der Waals surface area (Å²) < 4.78 is 7.16. The van der Waals surface area contributed by atoms with Crippen LogP contribution in [0.4, 0.5) is 5.82 Å². The summed E-state index contributed by atoms with van der Waals surface area (Å²) in [4.78, 5) is 12.0. The van der Waals surface area contributed by atoms with Gasteiger partial charge in [0.2, 0.25) is 5.91 Å². The molecule has 1 amide bonds. The Morgan fingerprint density at radius 1 is 1.40 bits per heavy atom. The highest BCUT2D eigenvalue weighted by Crippen LogP contribution is 2.41. The van der Waals surface area contributed by atoms with Gasteiger partial charge in [-0.2, -0.15) is 5.10 Å². The Kier molecular flexibility index (Phi) is 2.97. The first-order valence-electron chi connectivity index (χ1n) is 6.58. The van der Waals surface area contributed by atoms with Crippen LogP contribution < -0.4 is 10.1 Å². The van der Waals surface area contributed by atoms with Crippen LogP contribution in [0.2, 0.25) is 0 Å². The van der Waals surface area contributed by atoms with Crippen LogP contribution >= 0.6 is 0 Å². The predicted octanol–water partition coefficient (Wildman–Crippen LogP) is 2.21. The third-order valence-corrected chi connectivity index (χ3v) is 3.78. The first-order valence-corrected chi connectivity index (χ1v) is 6.58. The minimum atomic E-state index is -0.0106. The van der Waals surface area contributed by atoms with Crippen molar-refractivity contribution in [2.24, 2.45) is 7.05 Å². The number of fused-ring (bicyclic) bond motifs is 1. The molecule has 1 atom stereocenters. The fourth-order valence-corrected chi connectivity index (χ4v) is 2.93. The van der Waals surface area contributed by atoms with Gasteiger partial charge in [-0.1, -0.05) is 18.2 Å². The van der Waals surface area contributed by atoms with E-state index in [1.54, 1.807) is 11.8 Å². The lowest BCUT2D eigenvalue weighted by atomic mass is 9.85. The Hall–Kier alpha value is -2.30. The molecule has 1 N–H and O–H groups in total. The molecule has 104 valence electrons. The maximum atomic E-state index is 12.0. The second-order valence-electron chi connectivity index (χ2n) is 5.02. The molecule has 1 aromatic heterocycles. The van der Waals surface area contributed by atoms with Gasteiger partial charge in [0.05, 0.1) is 12.8 Å². The summed E-state index contributed by atoms with van der Waals surface area (Å²) in [5.41, 5.74) is 3.05. The van der Waals surface area contributed by atoms with Gasteiger partial charge in [0.25, 0.3) is 0 Å². The lowest BCUT2D eigenvalue weighted by molar-refractivity contribution is -0.116. The van der Waals surface area contributed by atoms with Crippen molar-refractivity contribution in [2.45, 2.75) is 19.3 Å². The topological polar surface area (TPSA) is 56.1 Å². The number of nitrogens with one attached hydrogen (secondary N) is 1. The van der Waals surface area contributed by atoms with E-state index < -0.39 is 0 Å². The molecular formula is C15H17N3O2. The molecule has 1 aromatic carbocycles. The van der Waals surface area contributed by atoms with Crippen molar-refractivity contribution in [1.29, 1.82) is 0 Å². The van der Waals surface area contributed by atoms with Crippen LogP contribution in [-0.2, 0) is 11.8 Å². The van der Waals surface area contributed by atoms with E-state index in [0.717, 1.165) is 28.4 Å². The quantitative estimate of drug-likeness (QED) is 0.911. The third kappa shape index (κ3) is 1.86. The fourth-order valence-electron chi connectivity index (χ4n) is 2.93. The molecule has 5 heteroatoms. The van der Waals surface area contributed by atoms with Crippen molar-refractivity contribution in [2.75, 3.05) is 12.4 Å². The molecule has 5 nitrogen and oxygen atoms in total. The fraction of sp³-hybridized carbons (Fsp3) is 0.333. The Morgan fingerprint density at radius 3 is 2.90 bits per heavy atom. The highest BCUT2D eigenvalue weighted by Gasteiger charge is 2.32. The lowest BCUT2D eigenvalue weighted by Gasteiger charge is -2.25. The van der Waals surface area contributed by atoms with E-state index in [2.05, 4.69) is 10.4 Å². The molecule has 0 fully saturated rings. The lowest BCUT2D eigenvalue weighted by Crippen LogP contribution is -2.24. The summed E-state index contributed by atoms with van der Waals surface area (Å²) in [5, 5.41) is 7.33. The zero-order valence-corrected chi connectivity index (χ0v) is 11.8. The molecule has 0 aliphatic carbocycles. The summed E-state index contributed by atoms with van der Waals surface area (Å²) >= 11 is 0. The number of ether oxygens (including phenoxy) is 1. The number of rotatable bonds is 2. The molecule has 3 rings (SSSR count). The molecular weight excluding hydrogens is 254 g/mol. The van der Waals surface area contributed by atoms with Gasteiger partial charge in [-0.3, -0.25) is 9.48 Å². The molecule has 0 radical (unpaired) electrons. The van der Waals surface area contributed by atoms with Gasteiger partial charge in [0, 0.05) is 30.5 Å². The van der Waals surface area contributed by atoms with Crippen LogP contribution in [0.3, 0.4) is 0 Å². The highest BCUT2D eigenvalue weighted by atomic mass is 16.5. The number of carbonyl (C=O) groups is 1. The summed E-state index contributed by atoms with van der Waals surface area (Å²) in [6, 6.07) is 7.84. The Bertz CT molecular complexity index is 676. The molecule has 2 aromatic rings. The van der Waals surface area contributed by atoms with Crippen LogP contribution in [0.5, 0.6) is 5.75 Å². The van der Waals surface area contributed by atoms with Gasteiger partial charge in [0.15, 0.2) is 0 Å². The first kappa shape index (κ1) is 12.7. The van der Waals surface area contributed by atoms with Crippen molar-refractivity contribution >= 4 is 11.7 Å². The van der Waals surface area contributed by atoms with Crippen LogP contribution in [0.1, 0.15) is 29.2 Å². The Labute approximate surface area is 117 Å². The molecule has 0 bridgehead atoms. The molecule has 0 saturated heterocycles. The summed E-state index contributed by atoms with van der Waals surface area (Å²) in [7, 11) is 3.50. The number of aryl methyl sites for hydroxylation is 2. The van der Waals surface area contributed by atoms with Gasteiger partial charge in [-0.15, -0.1) is 0 Å². The number of methoxy groups -OCH3 is 1. The molecule has 1 unspecified atom stereocenters. The minimum absolute atomic E-state index is 0.0106. The molecule has 2 heterocycles. The Balaban J connectivity index is 2.18. The van der Waals surface area contributed by atoms with Crippen molar-refractivity contribution in [1.82, 2.24) is 9.78 Å². The molecule has 0 spiro atoms. The SMILES string of the molecule is COc1ccccc1C1CC(=O)Nc2c1c(C)nn2C. The number of aromatic nitrogens is 2. The monoisotopic (exact) mass is 271 g/mol. The zero-order chi connectivity index (χ0) is 14.3. The largest absolute Gasteiger partial charge is 0.496 e. The maximum Gasteiger partial charge on any atom is 0.226 e. The second-order valence-corrected chi connectivity index (χ2v) is 5.02. The highest BCUT2D eigenvalue weighted by molar-refractivity contribution is 5.94. The van der Waals surface area contributed by atoms with E-state index in [1.165, 1.54) is 0 Å². The minimum Gasteiger partial charge on any atom is -0.496 e. The smallest absolute Gasteiger partial charge is 0.226 e. The van der Waals surface area contributed by atoms with Gasteiger partial charge >= 0.3 is 0 Å². The standard InChI is InChI=1S/C15H17N3O2/c1-9-14-11(10-6-4-5-7-12(10)20-3)8-13(19)16-15(14)18(2)17-9/h4-7,11H,8H2,1-3H3,(H,16,19). The number of carbonyl (C=O) groups excluding carboxylic acids is 1. The number of amides is 1. The molecule has 20 heavy (non-hydrogen) atoms. The van der Waals surface area contributed by atoms with E-state index in [0.29, 0.717) is 6.42 Å². The van der Waals surface area contributed by atoms with E-state index in [4.69, 9.17) is 4.74 Å². The molecule has 1 aliphatic rings. The number of hydrogen-bond donors (Lipinski definition) is 1. The van der Waals surface area contributed by atoms with E-state index >= 15 is 0 Å². The first-order chi connectivity index (χ1) is 9.61. The van der Waals surface area contributed by atoms with Crippen molar-refractivity contribution in [3.8, 4) is 5.75 Å². The van der Waals surface area contributed by atoms with Gasteiger partial charge < -0.3 is 10.1 Å². The van der Waals surface area contributed by atoms with Crippen molar-refractivity contribution in [3.05, 3.63) is 41.1 Å². The predicted molar refractivity (Wildman–Crippen MR) is 76.0 cm³/mol. The van der Waals surface area contributed by atoms with Crippen molar-refractivity contribution in [3.63, 3.8) is 0 Å². The molecule has 0 saturated carbocycles. The van der Waals surface area contributed by atoms with E-state index in [1.807, 2.05) is 38.2 Å². The van der Waals surface area contributed by atoms with Gasteiger partial charge in [0.1, 0.15) is 11.6 Å². The van der Waals surface area contributed by atoms with Gasteiger partial charge in [-0.05, 0) is 13.0 Å². The number of anilines is 1. The van der Waals surface area contributed by atoms with Crippen LogP contribution in [-0.4, -0.2) is 22.8 Å². The normalized spacial score (nSPS) is 17.6. The average Bonchev–Trinajstić information content (AvgIpc) is 2.73. The summed E-state index contributed by atoms with van der Waals surface area (Å²) in [6.45, 7) is 1.97. The van der Waals surface area contributed by atoms with E-state index in [9.17, 15) is 4.79 Å². The third-order valence-electron chi connectivity index (χ3n) is 3.78. The molecule has 1 aliphatic heterocycles. The van der Waals surface area contributed by atoms with Crippen LogP contribution in [0, 0.1) is 6.92 Å².